The Morgan fingerprint density at radius 3 is 1.87 bits per heavy atom. The van der Waals surface area contributed by atoms with Gasteiger partial charge in [0, 0.05) is 32.9 Å². The van der Waals surface area contributed by atoms with Crippen LogP contribution in [-0.4, -0.2) is 0 Å². The standard InChI is InChI=1S/C52H39NO/c1-51(2)42-23-13-18-33-17-12-21-38(49(33)42)41-31-44-40(30-45(41)51)36-28-27-34(29-43(36)52(44,3)4)53(46-24-10-8-19-35(46)32-15-6-5-7-16-32)47-25-14-22-39-37-20-9-11-26-48(37)54-50(39)47/h5-31H,1-4H3. The molecule has 0 spiro atoms. The van der Waals surface area contributed by atoms with Gasteiger partial charge in [0.05, 0.1) is 11.4 Å². The maximum atomic E-state index is 6.72. The van der Waals surface area contributed by atoms with E-state index >= 15 is 0 Å². The molecule has 9 aromatic rings. The van der Waals surface area contributed by atoms with Gasteiger partial charge in [-0.25, -0.2) is 0 Å². The lowest BCUT2D eigenvalue weighted by Gasteiger charge is -2.36. The van der Waals surface area contributed by atoms with E-state index in [4.69, 9.17) is 4.42 Å². The van der Waals surface area contributed by atoms with Gasteiger partial charge in [0.1, 0.15) is 5.58 Å². The van der Waals surface area contributed by atoms with Crippen molar-refractivity contribution in [3.05, 3.63) is 186 Å². The zero-order valence-electron chi connectivity index (χ0n) is 30.9. The lowest BCUT2D eigenvalue weighted by Crippen LogP contribution is -2.24. The molecular weight excluding hydrogens is 655 g/mol. The molecule has 54 heavy (non-hydrogen) atoms. The molecule has 2 aliphatic carbocycles. The van der Waals surface area contributed by atoms with Crippen LogP contribution in [0, 0.1) is 0 Å². The predicted octanol–water partition coefficient (Wildman–Crippen LogP) is 14.5. The summed E-state index contributed by atoms with van der Waals surface area (Å²) < 4.78 is 6.72. The summed E-state index contributed by atoms with van der Waals surface area (Å²) >= 11 is 0. The van der Waals surface area contributed by atoms with E-state index in [-0.39, 0.29) is 10.8 Å². The van der Waals surface area contributed by atoms with E-state index in [0.717, 1.165) is 44.6 Å². The van der Waals surface area contributed by atoms with Gasteiger partial charge in [-0.15, -0.1) is 0 Å². The molecule has 0 aliphatic heterocycles. The van der Waals surface area contributed by atoms with E-state index in [1.807, 2.05) is 6.07 Å². The Balaban J connectivity index is 1.14. The molecule has 0 amide bonds. The minimum Gasteiger partial charge on any atom is -0.454 e. The molecule has 8 aromatic carbocycles. The highest BCUT2D eigenvalue weighted by molar-refractivity contribution is 6.11. The molecule has 1 heterocycles. The molecule has 258 valence electrons. The zero-order chi connectivity index (χ0) is 36.3. The maximum absolute atomic E-state index is 6.72. The average Bonchev–Trinajstić information content (AvgIpc) is 3.69. The van der Waals surface area contributed by atoms with Crippen LogP contribution in [-0.2, 0) is 10.8 Å². The summed E-state index contributed by atoms with van der Waals surface area (Å²) in [6.45, 7) is 9.60. The van der Waals surface area contributed by atoms with Crippen LogP contribution < -0.4 is 4.90 Å². The van der Waals surface area contributed by atoms with Gasteiger partial charge in [0.25, 0.3) is 0 Å². The highest BCUT2D eigenvalue weighted by atomic mass is 16.3. The number of rotatable bonds is 4. The lowest BCUT2D eigenvalue weighted by molar-refractivity contribution is 0.639. The first-order valence-electron chi connectivity index (χ1n) is 19.0. The van der Waals surface area contributed by atoms with E-state index in [9.17, 15) is 0 Å². The summed E-state index contributed by atoms with van der Waals surface area (Å²) in [4.78, 5) is 2.41. The molecule has 0 bridgehead atoms. The van der Waals surface area contributed by atoms with E-state index in [0.29, 0.717) is 0 Å². The normalized spacial score (nSPS) is 14.6. The van der Waals surface area contributed by atoms with Crippen molar-refractivity contribution in [2.24, 2.45) is 0 Å². The van der Waals surface area contributed by atoms with E-state index in [2.05, 4.69) is 190 Å². The maximum Gasteiger partial charge on any atom is 0.159 e. The van der Waals surface area contributed by atoms with Gasteiger partial charge in [-0.05, 0) is 103 Å². The molecule has 0 atom stereocenters. The first-order chi connectivity index (χ1) is 26.3. The summed E-state index contributed by atoms with van der Waals surface area (Å²) in [5, 5.41) is 4.94. The van der Waals surface area contributed by atoms with Crippen molar-refractivity contribution in [1.29, 1.82) is 0 Å². The second kappa shape index (κ2) is 11.1. The first-order valence-corrected chi connectivity index (χ1v) is 19.0. The number of hydrogen-bond donors (Lipinski definition) is 0. The Labute approximate surface area is 315 Å². The molecule has 0 radical (unpaired) electrons. The molecule has 0 fully saturated rings. The van der Waals surface area contributed by atoms with E-state index in [1.54, 1.807) is 0 Å². The molecule has 2 aliphatic rings. The second-order valence-corrected chi connectivity index (χ2v) is 16.1. The van der Waals surface area contributed by atoms with Crippen LogP contribution >= 0.6 is 0 Å². The minimum atomic E-state index is -0.222. The smallest absolute Gasteiger partial charge is 0.159 e. The van der Waals surface area contributed by atoms with Crippen LogP contribution in [0.5, 0.6) is 0 Å². The summed E-state index contributed by atoms with van der Waals surface area (Å²) in [5.41, 5.74) is 17.9. The van der Waals surface area contributed by atoms with Gasteiger partial charge < -0.3 is 9.32 Å². The molecule has 0 unspecified atom stereocenters. The van der Waals surface area contributed by atoms with Crippen molar-refractivity contribution in [3.63, 3.8) is 0 Å². The van der Waals surface area contributed by atoms with E-state index < -0.39 is 0 Å². The Morgan fingerprint density at radius 1 is 0.426 bits per heavy atom. The monoisotopic (exact) mass is 693 g/mol. The Bertz CT molecular complexity index is 2990. The van der Waals surface area contributed by atoms with Gasteiger partial charge in [-0.3, -0.25) is 0 Å². The SMILES string of the molecule is CC1(C)c2cc(N(c3ccccc3-c3ccccc3)c3cccc4c3oc3ccccc34)ccc2-c2cc3c(cc21)-c1cccc2cccc(c12)C3(C)C. The third-order valence-corrected chi connectivity index (χ3v) is 12.5. The summed E-state index contributed by atoms with van der Waals surface area (Å²) in [7, 11) is 0. The number of nitrogens with zero attached hydrogens (tertiary/aromatic N) is 1. The Kier molecular flexibility index (Phi) is 6.39. The van der Waals surface area contributed by atoms with Gasteiger partial charge in [-0.2, -0.15) is 0 Å². The Hall–Kier alpha value is -6.38. The summed E-state index contributed by atoms with van der Waals surface area (Å²) in [5.74, 6) is 0. The molecule has 0 saturated carbocycles. The van der Waals surface area contributed by atoms with Gasteiger partial charge >= 0.3 is 0 Å². The van der Waals surface area contributed by atoms with Crippen LogP contribution in [0.2, 0.25) is 0 Å². The molecule has 2 heteroatoms. The third-order valence-electron chi connectivity index (χ3n) is 12.5. The van der Waals surface area contributed by atoms with Crippen molar-refractivity contribution < 1.29 is 4.42 Å². The van der Waals surface area contributed by atoms with Gasteiger partial charge in [0.2, 0.25) is 0 Å². The first kappa shape index (κ1) is 31.2. The number of fused-ring (bicyclic) bond motifs is 8. The third kappa shape index (κ3) is 4.23. The highest BCUT2D eigenvalue weighted by Gasteiger charge is 2.41. The highest BCUT2D eigenvalue weighted by Crippen LogP contribution is 2.57. The van der Waals surface area contributed by atoms with Crippen LogP contribution in [0.15, 0.2) is 168 Å². The Morgan fingerprint density at radius 2 is 1.04 bits per heavy atom. The van der Waals surface area contributed by atoms with Crippen molar-refractivity contribution in [2.45, 2.75) is 38.5 Å². The minimum absolute atomic E-state index is 0.131. The molecule has 2 nitrogen and oxygen atoms in total. The molecule has 11 rings (SSSR count). The lowest BCUT2D eigenvalue weighted by atomic mass is 9.67. The van der Waals surface area contributed by atoms with Crippen LogP contribution in [0.3, 0.4) is 0 Å². The fraction of sp³-hybridized carbons (Fsp3) is 0.115. The van der Waals surface area contributed by atoms with Crippen molar-refractivity contribution in [2.75, 3.05) is 4.90 Å². The predicted molar refractivity (Wildman–Crippen MR) is 226 cm³/mol. The number of hydrogen-bond acceptors (Lipinski definition) is 2. The quantitative estimate of drug-likeness (QED) is 0.182. The molecule has 1 aromatic heterocycles. The van der Waals surface area contributed by atoms with Crippen molar-refractivity contribution >= 4 is 49.8 Å². The number of benzene rings is 8. The fourth-order valence-corrected chi connectivity index (χ4v) is 9.73. The molecule has 0 N–H and O–H groups in total. The van der Waals surface area contributed by atoms with Crippen molar-refractivity contribution in [1.82, 2.24) is 0 Å². The van der Waals surface area contributed by atoms with Crippen LogP contribution in [0.1, 0.15) is 49.9 Å². The second-order valence-electron chi connectivity index (χ2n) is 16.1. The number of anilines is 3. The van der Waals surface area contributed by atoms with Gasteiger partial charge in [0.15, 0.2) is 5.58 Å². The summed E-state index contributed by atoms with van der Waals surface area (Å²) in [6.07, 6.45) is 0. The number of para-hydroxylation sites is 3. The van der Waals surface area contributed by atoms with Crippen LogP contribution in [0.4, 0.5) is 17.1 Å². The van der Waals surface area contributed by atoms with Crippen LogP contribution in [0.25, 0.3) is 66.1 Å². The van der Waals surface area contributed by atoms with E-state index in [1.165, 1.54) is 60.8 Å². The number of furan rings is 1. The van der Waals surface area contributed by atoms with Gasteiger partial charge in [-0.1, -0.05) is 149 Å². The van der Waals surface area contributed by atoms with Crippen molar-refractivity contribution in [3.8, 4) is 33.4 Å². The summed E-state index contributed by atoms with van der Waals surface area (Å²) in [6, 6.07) is 60.1. The largest absolute Gasteiger partial charge is 0.454 e. The fourth-order valence-electron chi connectivity index (χ4n) is 9.73. The molecule has 0 saturated heterocycles. The zero-order valence-corrected chi connectivity index (χ0v) is 30.9. The average molecular weight is 694 g/mol. The topological polar surface area (TPSA) is 16.4 Å². The molecular formula is C52H39NO.